The second-order valence-corrected chi connectivity index (χ2v) is 3.22. The van der Waals surface area contributed by atoms with Crippen molar-refractivity contribution in [1.82, 2.24) is 15.3 Å². The van der Waals surface area contributed by atoms with E-state index in [0.29, 0.717) is 11.4 Å². The summed E-state index contributed by atoms with van der Waals surface area (Å²) in [5.41, 5.74) is 6.87. The number of nitrogens with two attached hydrogens (primary N) is 1. The minimum Gasteiger partial charge on any atom is -0.385 e. The lowest BCUT2D eigenvalue weighted by Gasteiger charge is -2.00. The van der Waals surface area contributed by atoms with Gasteiger partial charge >= 0.3 is 0 Å². The molecule has 2 heterocycles. The van der Waals surface area contributed by atoms with Crippen LogP contribution in [0, 0.1) is 12.3 Å². The molecule has 4 N–H and O–H groups in total. The Labute approximate surface area is 92.1 Å². The Kier molecular flexibility index (Phi) is 2.48. The highest BCUT2D eigenvalue weighted by molar-refractivity contribution is 6.11. The number of nitrogens with one attached hydrogen (secondary N) is 2. The van der Waals surface area contributed by atoms with Gasteiger partial charge < -0.3 is 16.0 Å². The molecule has 80 valence electrons. The molecule has 1 amide bonds. The van der Waals surface area contributed by atoms with E-state index in [1.807, 2.05) is 0 Å². The van der Waals surface area contributed by atoms with Crippen LogP contribution in [0.2, 0.25) is 0 Å². The summed E-state index contributed by atoms with van der Waals surface area (Å²) in [6, 6.07) is 1.73. The summed E-state index contributed by atoms with van der Waals surface area (Å²) in [5.74, 6) is 2.37. The van der Waals surface area contributed by atoms with Gasteiger partial charge in [0.05, 0.1) is 23.8 Å². The Balaban J connectivity index is 2.47. The van der Waals surface area contributed by atoms with Gasteiger partial charge in [0.1, 0.15) is 5.82 Å². The lowest BCUT2D eigenvalue weighted by molar-refractivity contribution is 0.0961. The van der Waals surface area contributed by atoms with Crippen LogP contribution in [0.25, 0.3) is 10.9 Å². The summed E-state index contributed by atoms with van der Waals surface area (Å²) in [5, 5.41) is 3.31. The molecule has 0 fully saturated rings. The Morgan fingerprint density at radius 1 is 1.69 bits per heavy atom. The first-order valence-electron chi connectivity index (χ1n) is 4.67. The van der Waals surface area contributed by atoms with Crippen molar-refractivity contribution in [3.63, 3.8) is 0 Å². The minimum atomic E-state index is -0.284. The van der Waals surface area contributed by atoms with Gasteiger partial charge in [0.15, 0.2) is 0 Å². The second kappa shape index (κ2) is 3.95. The maximum absolute atomic E-state index is 11.8. The molecule has 0 atom stereocenters. The second-order valence-electron chi connectivity index (χ2n) is 3.22. The van der Waals surface area contributed by atoms with Crippen molar-refractivity contribution >= 4 is 22.6 Å². The molecule has 0 bridgehead atoms. The number of rotatable bonds is 2. The molecule has 16 heavy (non-hydrogen) atoms. The van der Waals surface area contributed by atoms with E-state index in [9.17, 15) is 4.79 Å². The highest BCUT2D eigenvalue weighted by Gasteiger charge is 2.15. The van der Waals surface area contributed by atoms with E-state index in [2.05, 4.69) is 21.2 Å². The standard InChI is InChI=1S/C11H10N4O/c1-2-4-14-11(16)9-7-3-5-13-6-8(7)15-10(9)12/h1,3,5-6,15H,4,12H2,(H,14,16). The number of carbonyl (C=O) groups is 1. The van der Waals surface area contributed by atoms with Crippen molar-refractivity contribution in [3.8, 4) is 12.3 Å². The number of H-pyrrole nitrogens is 1. The molecule has 0 saturated carbocycles. The molecule has 0 unspecified atom stereocenters. The van der Waals surface area contributed by atoms with Crippen LogP contribution < -0.4 is 11.1 Å². The molecule has 0 aliphatic carbocycles. The SMILES string of the molecule is C#CCNC(=O)c1c(N)[nH]c2cnccc12. The number of anilines is 1. The molecule has 5 heteroatoms. The third-order valence-corrected chi connectivity index (χ3v) is 2.21. The summed E-state index contributed by atoms with van der Waals surface area (Å²) in [6.07, 6.45) is 8.29. The Bertz CT molecular complexity index is 579. The number of nitrogens with zero attached hydrogens (tertiary/aromatic N) is 1. The number of nitrogen functional groups attached to an aromatic ring is 1. The topological polar surface area (TPSA) is 83.8 Å². The van der Waals surface area contributed by atoms with E-state index in [1.165, 1.54) is 0 Å². The molecule has 0 spiro atoms. The molecule has 2 aromatic rings. The molecule has 2 rings (SSSR count). The van der Waals surface area contributed by atoms with Crippen LogP contribution in [0.4, 0.5) is 5.82 Å². The first kappa shape index (κ1) is 10.1. The number of pyridine rings is 1. The van der Waals surface area contributed by atoms with Crippen LogP contribution in [0.3, 0.4) is 0 Å². The number of fused-ring (bicyclic) bond motifs is 1. The van der Waals surface area contributed by atoms with Crippen molar-refractivity contribution in [2.75, 3.05) is 12.3 Å². The lowest BCUT2D eigenvalue weighted by atomic mass is 10.2. The van der Waals surface area contributed by atoms with Gasteiger partial charge in [-0.05, 0) is 6.07 Å². The van der Waals surface area contributed by atoms with Crippen molar-refractivity contribution in [2.24, 2.45) is 0 Å². The van der Waals surface area contributed by atoms with Gasteiger partial charge in [-0.2, -0.15) is 0 Å². The van der Waals surface area contributed by atoms with Crippen LogP contribution in [-0.4, -0.2) is 22.4 Å². The zero-order chi connectivity index (χ0) is 11.5. The zero-order valence-electron chi connectivity index (χ0n) is 8.45. The minimum absolute atomic E-state index is 0.177. The molecule has 0 saturated heterocycles. The Morgan fingerprint density at radius 2 is 2.50 bits per heavy atom. The molecular formula is C11H10N4O. The number of aromatic amines is 1. The van der Waals surface area contributed by atoms with E-state index in [4.69, 9.17) is 12.2 Å². The molecule has 0 aromatic carbocycles. The number of hydrogen-bond acceptors (Lipinski definition) is 3. The third kappa shape index (κ3) is 1.57. The molecule has 0 aliphatic heterocycles. The van der Waals surface area contributed by atoms with E-state index in [-0.39, 0.29) is 12.5 Å². The predicted octanol–water partition coefficient (Wildman–Crippen LogP) is 0.508. The fourth-order valence-electron chi connectivity index (χ4n) is 1.53. The molecule has 0 radical (unpaired) electrons. The third-order valence-electron chi connectivity index (χ3n) is 2.21. The van der Waals surface area contributed by atoms with Gasteiger partial charge in [-0.25, -0.2) is 0 Å². The summed E-state index contributed by atoms with van der Waals surface area (Å²) in [7, 11) is 0. The fraction of sp³-hybridized carbons (Fsp3) is 0.0909. The number of carbonyl (C=O) groups excluding carboxylic acids is 1. The van der Waals surface area contributed by atoms with Gasteiger partial charge in [0.2, 0.25) is 0 Å². The quantitative estimate of drug-likeness (QED) is 0.637. The van der Waals surface area contributed by atoms with Gasteiger partial charge in [-0.15, -0.1) is 6.42 Å². The number of terminal acetylenes is 1. The smallest absolute Gasteiger partial charge is 0.256 e. The van der Waals surface area contributed by atoms with Crippen molar-refractivity contribution in [2.45, 2.75) is 0 Å². The van der Waals surface area contributed by atoms with Gasteiger partial charge in [-0.3, -0.25) is 9.78 Å². The number of amides is 1. The summed E-state index contributed by atoms with van der Waals surface area (Å²) in [6.45, 7) is 0.177. The number of hydrogen-bond donors (Lipinski definition) is 3. The number of aromatic nitrogens is 2. The highest BCUT2D eigenvalue weighted by atomic mass is 16.1. The van der Waals surface area contributed by atoms with E-state index < -0.39 is 0 Å². The van der Waals surface area contributed by atoms with Gasteiger partial charge in [0.25, 0.3) is 5.91 Å². The largest absolute Gasteiger partial charge is 0.385 e. The molecule has 0 aliphatic rings. The van der Waals surface area contributed by atoms with E-state index in [1.54, 1.807) is 18.5 Å². The van der Waals surface area contributed by atoms with E-state index >= 15 is 0 Å². The average molecular weight is 214 g/mol. The lowest BCUT2D eigenvalue weighted by Crippen LogP contribution is -2.24. The summed E-state index contributed by atoms with van der Waals surface area (Å²) < 4.78 is 0. The monoisotopic (exact) mass is 214 g/mol. The van der Waals surface area contributed by atoms with Crippen molar-refractivity contribution in [3.05, 3.63) is 24.0 Å². The van der Waals surface area contributed by atoms with Crippen LogP contribution in [0.15, 0.2) is 18.5 Å². The normalized spacial score (nSPS) is 9.94. The maximum Gasteiger partial charge on any atom is 0.256 e. The first-order valence-corrected chi connectivity index (χ1v) is 4.67. The maximum atomic E-state index is 11.8. The first-order chi connectivity index (χ1) is 7.74. The Hall–Kier alpha value is -2.48. The van der Waals surface area contributed by atoms with Crippen molar-refractivity contribution < 1.29 is 4.79 Å². The average Bonchev–Trinajstić information content (AvgIpc) is 2.62. The van der Waals surface area contributed by atoms with Crippen molar-refractivity contribution in [1.29, 1.82) is 0 Å². The van der Waals surface area contributed by atoms with E-state index in [0.717, 1.165) is 10.9 Å². The van der Waals surface area contributed by atoms with Gasteiger partial charge in [-0.1, -0.05) is 5.92 Å². The highest BCUT2D eigenvalue weighted by Crippen LogP contribution is 2.22. The van der Waals surface area contributed by atoms with Gasteiger partial charge in [0, 0.05) is 11.6 Å². The molecule has 2 aromatic heterocycles. The molecule has 5 nitrogen and oxygen atoms in total. The molecular weight excluding hydrogens is 204 g/mol. The predicted molar refractivity (Wildman–Crippen MR) is 61.7 cm³/mol. The summed E-state index contributed by atoms with van der Waals surface area (Å²) in [4.78, 5) is 18.6. The fourth-order valence-corrected chi connectivity index (χ4v) is 1.53. The summed E-state index contributed by atoms with van der Waals surface area (Å²) >= 11 is 0. The van der Waals surface area contributed by atoms with Crippen LogP contribution in [0.1, 0.15) is 10.4 Å². The zero-order valence-corrected chi connectivity index (χ0v) is 8.45. The Morgan fingerprint density at radius 3 is 3.25 bits per heavy atom. The van der Waals surface area contributed by atoms with Crippen LogP contribution in [0.5, 0.6) is 0 Å². The van der Waals surface area contributed by atoms with Crippen LogP contribution in [-0.2, 0) is 0 Å². The van der Waals surface area contributed by atoms with Crippen LogP contribution >= 0.6 is 0 Å².